The fourth-order valence-electron chi connectivity index (χ4n) is 3.36. The van der Waals surface area contributed by atoms with Gasteiger partial charge in [0.05, 0.1) is 30.4 Å². The SMILES string of the molecule is O[C@@H]1CCCC1C1c2sccc2-c2cncn21. The molecule has 2 aliphatic rings. The molecule has 3 nitrogen and oxygen atoms in total. The van der Waals surface area contributed by atoms with Crippen LogP contribution in [0.5, 0.6) is 0 Å². The quantitative estimate of drug-likeness (QED) is 0.840. The zero-order valence-electron chi connectivity index (χ0n) is 9.41. The number of aliphatic hydroxyl groups excluding tert-OH is 1. The fraction of sp³-hybridized carbons (Fsp3) is 0.462. The van der Waals surface area contributed by atoms with E-state index in [1.165, 1.54) is 16.1 Å². The van der Waals surface area contributed by atoms with E-state index in [2.05, 4.69) is 21.0 Å². The summed E-state index contributed by atoms with van der Waals surface area (Å²) in [7, 11) is 0. The normalized spacial score (nSPS) is 30.5. The van der Waals surface area contributed by atoms with Gasteiger partial charge in [0.25, 0.3) is 0 Å². The van der Waals surface area contributed by atoms with Gasteiger partial charge in [-0.25, -0.2) is 4.98 Å². The molecule has 0 saturated heterocycles. The van der Waals surface area contributed by atoms with Crippen LogP contribution in [0, 0.1) is 5.92 Å². The van der Waals surface area contributed by atoms with Gasteiger partial charge in [0.2, 0.25) is 0 Å². The molecule has 0 radical (unpaired) electrons. The lowest BCUT2D eigenvalue weighted by Crippen LogP contribution is -2.23. The number of aliphatic hydroxyl groups is 1. The van der Waals surface area contributed by atoms with Gasteiger partial charge < -0.3 is 9.67 Å². The molecule has 3 atom stereocenters. The first-order chi connectivity index (χ1) is 8.36. The molecule has 2 aromatic rings. The predicted octanol–water partition coefficient (Wildman–Crippen LogP) is 2.68. The smallest absolute Gasteiger partial charge is 0.0957 e. The second-order valence-electron chi connectivity index (χ2n) is 4.99. The van der Waals surface area contributed by atoms with Gasteiger partial charge in [0.15, 0.2) is 0 Å². The van der Waals surface area contributed by atoms with E-state index in [4.69, 9.17) is 0 Å². The van der Waals surface area contributed by atoms with Crippen molar-refractivity contribution in [2.75, 3.05) is 0 Å². The first-order valence-corrected chi connectivity index (χ1v) is 7.02. The number of thiophene rings is 1. The average Bonchev–Trinajstić information content (AvgIpc) is 3.00. The molecule has 1 fully saturated rings. The molecule has 1 saturated carbocycles. The van der Waals surface area contributed by atoms with Crippen LogP contribution >= 0.6 is 11.3 Å². The van der Waals surface area contributed by atoms with Gasteiger partial charge in [-0.05, 0) is 24.3 Å². The topological polar surface area (TPSA) is 38.1 Å². The Morgan fingerprint density at radius 3 is 3.18 bits per heavy atom. The highest BCUT2D eigenvalue weighted by Gasteiger charge is 2.40. The Labute approximate surface area is 104 Å². The van der Waals surface area contributed by atoms with Gasteiger partial charge in [-0.1, -0.05) is 6.42 Å². The molecule has 0 amide bonds. The van der Waals surface area contributed by atoms with Crippen molar-refractivity contribution < 1.29 is 5.11 Å². The van der Waals surface area contributed by atoms with Crippen molar-refractivity contribution in [3.8, 4) is 11.3 Å². The van der Waals surface area contributed by atoms with Crippen LogP contribution in [0.15, 0.2) is 24.0 Å². The largest absolute Gasteiger partial charge is 0.393 e. The second kappa shape index (κ2) is 3.43. The maximum atomic E-state index is 10.1. The highest BCUT2D eigenvalue weighted by Crippen LogP contribution is 2.49. The minimum absolute atomic E-state index is 0.150. The number of aromatic nitrogens is 2. The molecular weight excluding hydrogens is 232 g/mol. The highest BCUT2D eigenvalue weighted by atomic mass is 32.1. The summed E-state index contributed by atoms with van der Waals surface area (Å²) in [4.78, 5) is 5.67. The molecule has 3 heterocycles. The number of imidazole rings is 1. The average molecular weight is 246 g/mol. The number of fused-ring (bicyclic) bond motifs is 3. The highest BCUT2D eigenvalue weighted by molar-refractivity contribution is 7.10. The summed E-state index contributed by atoms with van der Waals surface area (Å²) in [6, 6.07) is 2.49. The Kier molecular flexibility index (Phi) is 1.99. The lowest BCUT2D eigenvalue weighted by atomic mass is 9.95. The minimum Gasteiger partial charge on any atom is -0.393 e. The first kappa shape index (κ1) is 9.85. The molecule has 1 N–H and O–H groups in total. The number of hydrogen-bond donors (Lipinski definition) is 1. The van der Waals surface area contributed by atoms with Crippen molar-refractivity contribution in [2.45, 2.75) is 31.4 Å². The molecule has 4 rings (SSSR count). The zero-order chi connectivity index (χ0) is 11.4. The monoisotopic (exact) mass is 246 g/mol. The van der Waals surface area contributed by atoms with Crippen LogP contribution in [0.25, 0.3) is 11.3 Å². The van der Waals surface area contributed by atoms with E-state index in [1.807, 2.05) is 23.9 Å². The number of rotatable bonds is 1. The Balaban J connectivity index is 1.87. The fourth-order valence-corrected chi connectivity index (χ4v) is 4.44. The Hall–Kier alpha value is -1.13. The van der Waals surface area contributed by atoms with Crippen LogP contribution in [0.2, 0.25) is 0 Å². The van der Waals surface area contributed by atoms with E-state index in [0.29, 0.717) is 12.0 Å². The summed E-state index contributed by atoms with van der Waals surface area (Å²) >= 11 is 1.81. The molecule has 0 spiro atoms. The lowest BCUT2D eigenvalue weighted by Gasteiger charge is -2.23. The molecular formula is C13H14N2OS. The molecule has 2 aromatic heterocycles. The summed E-state index contributed by atoms with van der Waals surface area (Å²) in [5, 5.41) is 12.3. The van der Waals surface area contributed by atoms with Crippen molar-refractivity contribution in [1.82, 2.24) is 9.55 Å². The first-order valence-electron chi connectivity index (χ1n) is 6.14. The van der Waals surface area contributed by atoms with E-state index in [-0.39, 0.29) is 6.10 Å². The van der Waals surface area contributed by atoms with Crippen molar-refractivity contribution in [2.24, 2.45) is 5.92 Å². The molecule has 0 bridgehead atoms. The Morgan fingerprint density at radius 2 is 2.35 bits per heavy atom. The van der Waals surface area contributed by atoms with Crippen LogP contribution in [0.3, 0.4) is 0 Å². The van der Waals surface area contributed by atoms with Crippen LogP contribution in [-0.2, 0) is 0 Å². The van der Waals surface area contributed by atoms with E-state index in [1.54, 1.807) is 0 Å². The van der Waals surface area contributed by atoms with E-state index < -0.39 is 0 Å². The molecule has 0 aromatic carbocycles. The van der Waals surface area contributed by atoms with Crippen molar-refractivity contribution in [1.29, 1.82) is 0 Å². The third kappa shape index (κ3) is 1.22. The Morgan fingerprint density at radius 1 is 1.41 bits per heavy atom. The van der Waals surface area contributed by atoms with E-state index in [9.17, 15) is 5.11 Å². The van der Waals surface area contributed by atoms with Gasteiger partial charge in [0, 0.05) is 16.4 Å². The van der Waals surface area contributed by atoms with Gasteiger partial charge in [-0.15, -0.1) is 11.3 Å². The predicted molar refractivity (Wildman–Crippen MR) is 67.0 cm³/mol. The van der Waals surface area contributed by atoms with Gasteiger partial charge in [-0.2, -0.15) is 0 Å². The van der Waals surface area contributed by atoms with Crippen LogP contribution in [-0.4, -0.2) is 20.8 Å². The Bertz CT molecular complexity index is 519. The summed E-state index contributed by atoms with van der Waals surface area (Å²) in [6.07, 6.45) is 6.92. The maximum Gasteiger partial charge on any atom is 0.0957 e. The van der Waals surface area contributed by atoms with Gasteiger partial charge >= 0.3 is 0 Å². The number of nitrogens with zero attached hydrogens (tertiary/aromatic N) is 2. The van der Waals surface area contributed by atoms with Crippen LogP contribution < -0.4 is 0 Å². The molecule has 1 aliphatic heterocycles. The van der Waals surface area contributed by atoms with Crippen LogP contribution in [0.1, 0.15) is 30.2 Å². The molecule has 88 valence electrons. The van der Waals surface area contributed by atoms with E-state index >= 15 is 0 Å². The molecule has 2 unspecified atom stereocenters. The van der Waals surface area contributed by atoms with Gasteiger partial charge in [0.1, 0.15) is 0 Å². The van der Waals surface area contributed by atoms with Gasteiger partial charge in [-0.3, -0.25) is 0 Å². The summed E-state index contributed by atoms with van der Waals surface area (Å²) < 4.78 is 2.25. The van der Waals surface area contributed by atoms with Crippen molar-refractivity contribution in [3.05, 3.63) is 28.8 Å². The third-order valence-electron chi connectivity index (χ3n) is 4.14. The molecule has 1 aliphatic carbocycles. The summed E-state index contributed by atoms with van der Waals surface area (Å²) in [6.45, 7) is 0. The standard InChI is InChI=1S/C13H14N2OS/c16-11-3-1-2-9(11)12-13-8(4-5-17-13)10-6-14-7-15(10)12/h4-7,9,11-12,16H,1-3H2/t9?,11-,12?/m1/s1. The lowest BCUT2D eigenvalue weighted by molar-refractivity contribution is 0.113. The molecule has 4 heteroatoms. The summed E-state index contributed by atoms with van der Waals surface area (Å²) in [5.41, 5.74) is 2.53. The zero-order valence-corrected chi connectivity index (χ0v) is 10.2. The van der Waals surface area contributed by atoms with Crippen molar-refractivity contribution in [3.63, 3.8) is 0 Å². The third-order valence-corrected chi connectivity index (χ3v) is 5.13. The minimum atomic E-state index is -0.150. The van der Waals surface area contributed by atoms with Crippen molar-refractivity contribution >= 4 is 11.3 Å². The van der Waals surface area contributed by atoms with Crippen LogP contribution in [0.4, 0.5) is 0 Å². The maximum absolute atomic E-state index is 10.1. The number of hydrogen-bond acceptors (Lipinski definition) is 3. The molecule has 17 heavy (non-hydrogen) atoms. The summed E-state index contributed by atoms with van der Waals surface area (Å²) in [5.74, 6) is 0.364. The second-order valence-corrected chi connectivity index (χ2v) is 5.94. The van der Waals surface area contributed by atoms with E-state index in [0.717, 1.165) is 19.3 Å².